The lowest BCUT2D eigenvalue weighted by atomic mass is 10.0. The molecule has 0 saturated carbocycles. The highest BCUT2D eigenvalue weighted by molar-refractivity contribution is 5.77. The van der Waals surface area contributed by atoms with Crippen molar-refractivity contribution in [1.29, 1.82) is 0 Å². The summed E-state index contributed by atoms with van der Waals surface area (Å²) < 4.78 is 5.90. The molecule has 3 unspecified atom stereocenters. The second kappa shape index (κ2) is 48.6. The van der Waals surface area contributed by atoms with Gasteiger partial charge in [-0.05, 0) is 83.5 Å². The molecule has 3 N–H and O–H groups in total. The molecule has 0 aliphatic heterocycles. The van der Waals surface area contributed by atoms with Crippen LogP contribution in [0.1, 0.15) is 252 Å². The molecule has 0 spiro atoms. The van der Waals surface area contributed by atoms with E-state index in [0.717, 1.165) is 89.9 Å². The average molecular weight is 854 g/mol. The Hall–Kier alpha value is -2.44. The maximum atomic E-state index is 13.2. The molecule has 6 nitrogen and oxygen atoms in total. The van der Waals surface area contributed by atoms with E-state index in [9.17, 15) is 19.8 Å². The molecule has 1 amide bonds. The van der Waals surface area contributed by atoms with E-state index in [1.807, 2.05) is 0 Å². The zero-order valence-electron chi connectivity index (χ0n) is 40.3. The summed E-state index contributed by atoms with van der Waals surface area (Å²) in [7, 11) is 0. The number of rotatable bonds is 46. The van der Waals surface area contributed by atoms with Gasteiger partial charge in [0.15, 0.2) is 0 Å². The minimum Gasteiger partial charge on any atom is -0.462 e. The summed E-state index contributed by atoms with van der Waals surface area (Å²) in [5, 5.41) is 23.8. The van der Waals surface area contributed by atoms with E-state index >= 15 is 0 Å². The molecular formula is C55H99NO5. The number of ether oxygens (including phenoxy) is 1. The van der Waals surface area contributed by atoms with Crippen LogP contribution in [0.4, 0.5) is 0 Å². The highest BCUT2D eigenvalue weighted by atomic mass is 16.5. The van der Waals surface area contributed by atoms with Gasteiger partial charge in [-0.2, -0.15) is 0 Å². The molecule has 0 aromatic rings. The highest BCUT2D eigenvalue weighted by Gasteiger charge is 2.24. The van der Waals surface area contributed by atoms with Crippen LogP contribution in [-0.4, -0.2) is 46.9 Å². The van der Waals surface area contributed by atoms with E-state index in [1.165, 1.54) is 116 Å². The van der Waals surface area contributed by atoms with E-state index in [1.54, 1.807) is 0 Å². The molecule has 61 heavy (non-hydrogen) atoms. The Kier molecular flexibility index (Phi) is 46.6. The van der Waals surface area contributed by atoms with Gasteiger partial charge >= 0.3 is 5.97 Å². The number of carbonyl (C=O) groups is 2. The lowest BCUT2D eigenvalue weighted by Crippen LogP contribution is -2.46. The second-order valence-electron chi connectivity index (χ2n) is 17.5. The summed E-state index contributed by atoms with van der Waals surface area (Å²) in [5.74, 6) is -0.538. The van der Waals surface area contributed by atoms with Gasteiger partial charge < -0.3 is 20.3 Å². The molecule has 0 bridgehead atoms. The van der Waals surface area contributed by atoms with Crippen LogP contribution >= 0.6 is 0 Å². The molecule has 6 heteroatoms. The van der Waals surface area contributed by atoms with Crippen LogP contribution in [0.3, 0.4) is 0 Å². The van der Waals surface area contributed by atoms with Crippen molar-refractivity contribution in [2.24, 2.45) is 0 Å². The molecular weight excluding hydrogens is 755 g/mol. The zero-order chi connectivity index (χ0) is 44.5. The molecule has 0 heterocycles. The number of esters is 1. The van der Waals surface area contributed by atoms with Gasteiger partial charge in [0.05, 0.1) is 25.2 Å². The smallest absolute Gasteiger partial charge is 0.306 e. The van der Waals surface area contributed by atoms with Gasteiger partial charge in [0.2, 0.25) is 5.91 Å². The fourth-order valence-electron chi connectivity index (χ4n) is 7.66. The van der Waals surface area contributed by atoms with Crippen LogP contribution < -0.4 is 5.32 Å². The Balaban J connectivity index is 4.62. The van der Waals surface area contributed by atoms with Crippen LogP contribution in [0.15, 0.2) is 60.8 Å². The van der Waals surface area contributed by atoms with Crippen molar-refractivity contribution in [3.63, 3.8) is 0 Å². The van der Waals surface area contributed by atoms with Crippen molar-refractivity contribution >= 4 is 11.9 Å². The Bertz CT molecular complexity index is 1090. The Labute approximate surface area is 378 Å². The summed E-state index contributed by atoms with van der Waals surface area (Å²) in [6.45, 7) is 6.35. The third kappa shape index (κ3) is 44.0. The number of hydrogen-bond donors (Lipinski definition) is 3. The van der Waals surface area contributed by atoms with Crippen LogP contribution in [-0.2, 0) is 14.3 Å². The van der Waals surface area contributed by atoms with Crippen molar-refractivity contribution in [3.8, 4) is 0 Å². The summed E-state index contributed by atoms with van der Waals surface area (Å²) in [6.07, 6.45) is 60.0. The SMILES string of the molecule is CC/C=C/C/C=C/C/C=C/C/C=C/CCCCCC(=O)OC(CCC/C=C\CCCCCCCCC)CC(=O)NC(CO)C(O)CCCCCCCCCCCCCCCC. The monoisotopic (exact) mass is 854 g/mol. The third-order valence-electron chi connectivity index (χ3n) is 11.6. The lowest BCUT2D eigenvalue weighted by molar-refractivity contribution is -0.151. The first-order chi connectivity index (χ1) is 30.0. The Morgan fingerprint density at radius 1 is 0.492 bits per heavy atom. The molecule has 0 radical (unpaired) electrons. The standard InChI is InChI=1S/C55H99NO5/c1-4-7-10-13-16-19-22-25-27-28-30-33-36-39-42-45-48-55(60)61-51(46-43-40-37-34-31-24-21-18-15-12-9-6-3)49-54(59)56-52(50-57)53(58)47-44-41-38-35-32-29-26-23-20-17-14-11-8-5-2/h7,10,16,19,25,27,30,33-34,37,51-53,57-58H,4-6,8-9,11-15,17-18,20-24,26,28-29,31-32,35-36,38-50H2,1-3H3,(H,56,59)/b10-7+,19-16+,27-25+,33-30+,37-34-. The van der Waals surface area contributed by atoms with E-state index in [4.69, 9.17) is 4.74 Å². The average Bonchev–Trinajstić information content (AvgIpc) is 3.25. The lowest BCUT2D eigenvalue weighted by Gasteiger charge is -2.24. The van der Waals surface area contributed by atoms with Gasteiger partial charge in [0.1, 0.15) is 6.10 Å². The predicted octanol–water partition coefficient (Wildman–Crippen LogP) is 15.6. The number of carbonyl (C=O) groups excluding carboxylic acids is 2. The van der Waals surface area contributed by atoms with E-state index in [-0.39, 0.29) is 24.9 Å². The van der Waals surface area contributed by atoms with Gasteiger partial charge in [-0.15, -0.1) is 0 Å². The first kappa shape index (κ1) is 58.6. The second-order valence-corrected chi connectivity index (χ2v) is 17.5. The van der Waals surface area contributed by atoms with Gasteiger partial charge in [0.25, 0.3) is 0 Å². The minimum atomic E-state index is -0.801. The van der Waals surface area contributed by atoms with E-state index in [0.29, 0.717) is 19.3 Å². The maximum Gasteiger partial charge on any atom is 0.306 e. The van der Waals surface area contributed by atoms with Crippen LogP contribution in [0, 0.1) is 0 Å². The Morgan fingerprint density at radius 3 is 1.39 bits per heavy atom. The summed E-state index contributed by atoms with van der Waals surface area (Å²) >= 11 is 0. The zero-order valence-corrected chi connectivity index (χ0v) is 40.3. The molecule has 0 aromatic carbocycles. The summed E-state index contributed by atoms with van der Waals surface area (Å²) in [6, 6.07) is -0.717. The number of unbranched alkanes of at least 4 members (excludes halogenated alkanes) is 24. The molecule has 0 aliphatic rings. The third-order valence-corrected chi connectivity index (χ3v) is 11.6. The molecule has 0 fully saturated rings. The first-order valence-corrected chi connectivity index (χ1v) is 26.0. The molecule has 354 valence electrons. The van der Waals surface area contributed by atoms with Crippen molar-refractivity contribution < 1.29 is 24.5 Å². The number of nitrogens with one attached hydrogen (secondary N) is 1. The molecule has 3 atom stereocenters. The molecule has 0 aromatic heterocycles. The van der Waals surface area contributed by atoms with Gasteiger partial charge in [-0.3, -0.25) is 9.59 Å². The summed E-state index contributed by atoms with van der Waals surface area (Å²) in [4.78, 5) is 26.1. The fraction of sp³-hybridized carbons (Fsp3) is 0.782. The highest BCUT2D eigenvalue weighted by Crippen LogP contribution is 2.17. The minimum absolute atomic E-state index is 0.0430. The molecule has 0 aliphatic carbocycles. The molecule has 0 rings (SSSR count). The fourth-order valence-corrected chi connectivity index (χ4v) is 7.66. The van der Waals surface area contributed by atoms with Crippen LogP contribution in [0.5, 0.6) is 0 Å². The van der Waals surface area contributed by atoms with Crippen molar-refractivity contribution in [1.82, 2.24) is 5.32 Å². The predicted molar refractivity (Wildman–Crippen MR) is 264 cm³/mol. The van der Waals surface area contributed by atoms with Crippen LogP contribution in [0.2, 0.25) is 0 Å². The van der Waals surface area contributed by atoms with Crippen LogP contribution in [0.25, 0.3) is 0 Å². The number of amides is 1. The maximum absolute atomic E-state index is 13.2. The van der Waals surface area contributed by atoms with Gasteiger partial charge in [-0.25, -0.2) is 0 Å². The number of hydrogen-bond acceptors (Lipinski definition) is 5. The van der Waals surface area contributed by atoms with E-state index < -0.39 is 18.2 Å². The van der Waals surface area contributed by atoms with Gasteiger partial charge in [0, 0.05) is 6.42 Å². The summed E-state index contributed by atoms with van der Waals surface area (Å²) in [5.41, 5.74) is 0. The number of allylic oxidation sites excluding steroid dienone is 10. The largest absolute Gasteiger partial charge is 0.462 e. The first-order valence-electron chi connectivity index (χ1n) is 26.0. The number of aliphatic hydroxyl groups excluding tert-OH is 2. The number of aliphatic hydroxyl groups is 2. The van der Waals surface area contributed by atoms with Crippen molar-refractivity contribution in [3.05, 3.63) is 60.8 Å². The molecule has 0 saturated heterocycles. The van der Waals surface area contributed by atoms with Crippen molar-refractivity contribution in [2.45, 2.75) is 270 Å². The van der Waals surface area contributed by atoms with Gasteiger partial charge in [-0.1, -0.05) is 216 Å². The Morgan fingerprint density at radius 2 is 0.902 bits per heavy atom. The van der Waals surface area contributed by atoms with Crippen molar-refractivity contribution in [2.75, 3.05) is 6.61 Å². The normalized spacial score (nSPS) is 13.7. The quantitative estimate of drug-likeness (QED) is 0.0322. The topological polar surface area (TPSA) is 95.9 Å². The van der Waals surface area contributed by atoms with E-state index in [2.05, 4.69) is 86.8 Å².